The van der Waals surface area contributed by atoms with Crippen LogP contribution in [0.4, 0.5) is 0 Å². The van der Waals surface area contributed by atoms with Crippen molar-refractivity contribution >= 4 is 64.9 Å². The summed E-state index contributed by atoms with van der Waals surface area (Å²) in [4.78, 5) is 10.3. The lowest BCUT2D eigenvalue weighted by Gasteiger charge is -2.15. The lowest BCUT2D eigenvalue weighted by molar-refractivity contribution is 1.18. The molecule has 0 saturated carbocycles. The molecular weight excluding hydrogens is 693 g/mol. The largest absolute Gasteiger partial charge is 0.309 e. The number of nitriles is 1. The summed E-state index contributed by atoms with van der Waals surface area (Å²) in [5, 5.41) is 21.9. The predicted molar refractivity (Wildman–Crippen MR) is 235 cm³/mol. The summed E-state index contributed by atoms with van der Waals surface area (Å²) in [5.41, 5.74) is 11.2. The van der Waals surface area contributed by atoms with Crippen LogP contribution in [-0.4, -0.2) is 14.5 Å². The van der Waals surface area contributed by atoms with Crippen molar-refractivity contribution in [3.05, 3.63) is 188 Å². The molecule has 0 saturated heterocycles. The van der Waals surface area contributed by atoms with Crippen molar-refractivity contribution in [3.8, 4) is 56.8 Å². The van der Waals surface area contributed by atoms with Gasteiger partial charge in [0.1, 0.15) is 0 Å². The molecule has 0 atom stereocenters. The highest BCUT2D eigenvalue weighted by Gasteiger charge is 2.20. The molecule has 0 amide bonds. The zero-order valence-electron chi connectivity index (χ0n) is 30.6. The van der Waals surface area contributed by atoms with Crippen LogP contribution in [-0.2, 0) is 0 Å². The van der Waals surface area contributed by atoms with Crippen molar-refractivity contribution in [3.63, 3.8) is 0 Å². The molecule has 0 N–H and O–H groups in total. The fourth-order valence-corrected chi connectivity index (χ4v) is 9.08. The number of nitrogens with zero attached hydrogens (tertiary/aromatic N) is 4. The first-order valence-electron chi connectivity index (χ1n) is 19.2. The van der Waals surface area contributed by atoms with Crippen molar-refractivity contribution in [1.29, 1.82) is 5.26 Å². The summed E-state index contributed by atoms with van der Waals surface area (Å²) in [7, 11) is 0. The Morgan fingerprint density at radius 1 is 0.368 bits per heavy atom. The maximum atomic E-state index is 9.94. The number of hydrogen-bond acceptors (Lipinski definition) is 3. The predicted octanol–water partition coefficient (Wildman–Crippen LogP) is 13.6. The van der Waals surface area contributed by atoms with Gasteiger partial charge in [-0.05, 0) is 121 Å². The first-order chi connectivity index (χ1) is 28.2. The van der Waals surface area contributed by atoms with E-state index in [0.29, 0.717) is 11.4 Å². The molecule has 0 unspecified atom stereocenters. The summed E-state index contributed by atoms with van der Waals surface area (Å²) < 4.78 is 2.32. The minimum Gasteiger partial charge on any atom is -0.309 e. The van der Waals surface area contributed by atoms with Crippen molar-refractivity contribution in [2.75, 3.05) is 0 Å². The Bertz CT molecular complexity index is 3440. The smallest absolute Gasteiger partial charge is 0.160 e. The van der Waals surface area contributed by atoms with Gasteiger partial charge in [-0.15, -0.1) is 0 Å². The van der Waals surface area contributed by atoms with E-state index in [1.165, 1.54) is 54.0 Å². The molecule has 2 aromatic heterocycles. The Labute approximate surface area is 327 Å². The van der Waals surface area contributed by atoms with Crippen LogP contribution in [0.15, 0.2) is 182 Å². The Kier molecular flexibility index (Phi) is 6.66. The van der Waals surface area contributed by atoms with Gasteiger partial charge in [0.2, 0.25) is 0 Å². The van der Waals surface area contributed by atoms with Gasteiger partial charge in [-0.2, -0.15) is 5.26 Å². The van der Waals surface area contributed by atoms with Gasteiger partial charge in [0.05, 0.1) is 34.1 Å². The molecule has 0 aliphatic heterocycles. The second-order valence-corrected chi connectivity index (χ2v) is 15.0. The van der Waals surface area contributed by atoms with Gasteiger partial charge in [0, 0.05) is 33.2 Å². The average molecular weight is 723 g/mol. The van der Waals surface area contributed by atoms with Gasteiger partial charge in [-0.3, -0.25) is 0 Å². The number of benzene rings is 10. The van der Waals surface area contributed by atoms with E-state index in [1.54, 1.807) is 0 Å². The normalized spacial score (nSPS) is 11.8. The summed E-state index contributed by atoms with van der Waals surface area (Å²) in [5.74, 6) is 0.709. The molecule has 4 nitrogen and oxygen atoms in total. The molecule has 57 heavy (non-hydrogen) atoms. The first-order valence-corrected chi connectivity index (χ1v) is 19.2. The highest BCUT2D eigenvalue weighted by Crippen LogP contribution is 2.44. The van der Waals surface area contributed by atoms with Crippen LogP contribution in [0, 0.1) is 11.3 Å². The average Bonchev–Trinajstić information content (AvgIpc) is 3.62. The van der Waals surface area contributed by atoms with Crippen LogP contribution >= 0.6 is 0 Å². The van der Waals surface area contributed by atoms with Crippen LogP contribution in [0.1, 0.15) is 5.56 Å². The SMILES string of the molecule is N#Cc1cc2ccc3cc(-c4cc5ccc6cc(-c7nc(-c8ccccc8)cc(-c8ccccc8)n7)cc7ccc(c4)c5c67)cc4c3c2c(c1)n4-c1ccccc1. The van der Waals surface area contributed by atoms with Crippen LogP contribution in [0.3, 0.4) is 0 Å². The molecule has 12 rings (SSSR count). The molecule has 2 heterocycles. The van der Waals surface area contributed by atoms with Crippen LogP contribution in [0.5, 0.6) is 0 Å². The van der Waals surface area contributed by atoms with E-state index < -0.39 is 0 Å². The van der Waals surface area contributed by atoms with Gasteiger partial charge in [0.15, 0.2) is 5.82 Å². The monoisotopic (exact) mass is 722 g/mol. The topological polar surface area (TPSA) is 54.5 Å². The molecular formula is C53H30N4. The summed E-state index contributed by atoms with van der Waals surface area (Å²) in [6.45, 7) is 0. The summed E-state index contributed by atoms with van der Waals surface area (Å²) in [6, 6.07) is 66.8. The number of aromatic nitrogens is 3. The summed E-state index contributed by atoms with van der Waals surface area (Å²) >= 11 is 0. The molecule has 0 aliphatic carbocycles. The maximum Gasteiger partial charge on any atom is 0.160 e. The standard InChI is InChI=1S/C53H30N4/c54-31-32-22-35-16-21-40-26-42(29-48-52(40)51(35)47(23-32)57(48)44-14-8-3-9-15-44)41-24-36-17-19-38-27-43(28-39-20-18-37(25-41)49(36)50(38)39)53-55-45(33-10-4-1-5-11-33)30-46(56-53)34-12-6-2-7-13-34/h1-30H. The van der Waals surface area contributed by atoms with Gasteiger partial charge in [-0.25, -0.2) is 9.97 Å². The quantitative estimate of drug-likeness (QED) is 0.166. The van der Waals surface area contributed by atoms with Crippen molar-refractivity contribution < 1.29 is 0 Å². The van der Waals surface area contributed by atoms with Crippen LogP contribution in [0.2, 0.25) is 0 Å². The van der Waals surface area contributed by atoms with E-state index in [4.69, 9.17) is 9.97 Å². The fraction of sp³-hybridized carbons (Fsp3) is 0. The van der Waals surface area contributed by atoms with E-state index in [-0.39, 0.29) is 0 Å². The minimum atomic E-state index is 0.662. The van der Waals surface area contributed by atoms with Crippen LogP contribution < -0.4 is 0 Å². The van der Waals surface area contributed by atoms with E-state index in [0.717, 1.165) is 55.7 Å². The highest BCUT2D eigenvalue weighted by molar-refractivity contribution is 6.27. The Morgan fingerprint density at radius 3 is 1.30 bits per heavy atom. The highest BCUT2D eigenvalue weighted by atomic mass is 15.0. The first kappa shape index (κ1) is 31.5. The van der Waals surface area contributed by atoms with E-state index >= 15 is 0 Å². The second-order valence-electron chi connectivity index (χ2n) is 15.0. The molecule has 4 heteroatoms. The van der Waals surface area contributed by atoms with Gasteiger partial charge in [-0.1, -0.05) is 115 Å². The van der Waals surface area contributed by atoms with Gasteiger partial charge in [0.25, 0.3) is 0 Å². The van der Waals surface area contributed by atoms with Crippen molar-refractivity contribution in [1.82, 2.24) is 14.5 Å². The molecule has 0 radical (unpaired) electrons. The lowest BCUT2D eigenvalue weighted by Crippen LogP contribution is -1.96. The van der Waals surface area contributed by atoms with Crippen molar-refractivity contribution in [2.24, 2.45) is 0 Å². The van der Waals surface area contributed by atoms with Crippen molar-refractivity contribution in [2.45, 2.75) is 0 Å². The molecule has 0 bridgehead atoms. The number of para-hydroxylation sites is 1. The molecule has 0 aliphatic rings. The van der Waals surface area contributed by atoms with E-state index in [9.17, 15) is 5.26 Å². The Hall–Kier alpha value is -7.87. The lowest BCUT2D eigenvalue weighted by atomic mass is 9.89. The van der Waals surface area contributed by atoms with Gasteiger partial charge < -0.3 is 4.57 Å². The fourth-order valence-electron chi connectivity index (χ4n) is 9.08. The molecule has 0 spiro atoms. The Balaban J connectivity index is 1.03. The number of hydrogen-bond donors (Lipinski definition) is 0. The Morgan fingerprint density at radius 2 is 0.789 bits per heavy atom. The molecule has 0 fully saturated rings. The third kappa shape index (κ3) is 4.86. The van der Waals surface area contributed by atoms with E-state index in [1.807, 2.05) is 30.3 Å². The van der Waals surface area contributed by atoms with Gasteiger partial charge >= 0.3 is 0 Å². The minimum absolute atomic E-state index is 0.662. The molecule has 262 valence electrons. The third-order valence-electron chi connectivity index (χ3n) is 11.6. The molecule has 10 aromatic carbocycles. The zero-order chi connectivity index (χ0) is 37.6. The van der Waals surface area contributed by atoms with Crippen LogP contribution in [0.25, 0.3) is 116 Å². The van der Waals surface area contributed by atoms with E-state index in [2.05, 4.69) is 162 Å². The number of rotatable bonds is 5. The zero-order valence-corrected chi connectivity index (χ0v) is 30.6. The third-order valence-corrected chi connectivity index (χ3v) is 11.6. The maximum absolute atomic E-state index is 9.94. The second kappa shape index (κ2) is 12.1. The molecule has 12 aromatic rings. The summed E-state index contributed by atoms with van der Waals surface area (Å²) in [6.07, 6.45) is 0.